The number of aromatic nitrogens is 2. The molecule has 0 aliphatic carbocycles. The molecule has 1 heterocycles. The molecule has 2 aromatic carbocycles. The average Bonchev–Trinajstić information content (AvgIpc) is 2.69. The second kappa shape index (κ2) is 9.20. The van der Waals surface area contributed by atoms with Gasteiger partial charge in [0, 0.05) is 29.9 Å². The van der Waals surface area contributed by atoms with Crippen molar-refractivity contribution >= 4 is 35.0 Å². The number of rotatable bonds is 6. The Morgan fingerprint density at radius 2 is 1.62 bits per heavy atom. The van der Waals surface area contributed by atoms with Crippen LogP contribution in [-0.4, -0.2) is 27.0 Å². The molecule has 1 unspecified atom stereocenters. The van der Waals surface area contributed by atoms with Crippen LogP contribution in [0.5, 0.6) is 0 Å². The molecule has 1 atom stereocenters. The van der Waals surface area contributed by atoms with Gasteiger partial charge in [-0.2, -0.15) is 0 Å². The van der Waals surface area contributed by atoms with Gasteiger partial charge < -0.3 is 15.6 Å². The van der Waals surface area contributed by atoms with Crippen molar-refractivity contribution in [2.24, 2.45) is 0 Å². The summed E-state index contributed by atoms with van der Waals surface area (Å²) in [6, 6.07) is 17.6. The molecule has 7 nitrogen and oxygen atoms in total. The van der Waals surface area contributed by atoms with Gasteiger partial charge in [0.05, 0.1) is 10.9 Å². The molecule has 0 spiro atoms. The van der Waals surface area contributed by atoms with Crippen LogP contribution in [-0.2, 0) is 9.59 Å². The smallest absolute Gasteiger partial charge is 0.252 e. The first-order valence-electron chi connectivity index (χ1n) is 8.92. The van der Waals surface area contributed by atoms with Crippen LogP contribution in [0.2, 0.25) is 0 Å². The zero-order valence-corrected chi connectivity index (χ0v) is 16.7. The highest BCUT2D eigenvalue weighted by atomic mass is 32.2. The molecule has 0 saturated heterocycles. The zero-order chi connectivity index (χ0) is 20.8. The standard InChI is InChI=1S/C21H20N4O3S/c1-13(20(28)23-17-10-8-16(9-11-17)22-14(2)26)29-21-24-18(12-19(27)25-21)15-6-4-3-5-7-15/h3-13H,1-2H3,(H,22,26)(H,23,28)(H,24,25,27). The maximum Gasteiger partial charge on any atom is 0.252 e. The molecule has 0 fully saturated rings. The Balaban J connectivity index is 1.67. The first kappa shape index (κ1) is 20.3. The predicted octanol–water partition coefficient (Wildman–Crippen LogP) is 3.51. The Hall–Kier alpha value is -3.39. The van der Waals surface area contributed by atoms with Crippen molar-refractivity contribution in [3.05, 3.63) is 71.0 Å². The summed E-state index contributed by atoms with van der Waals surface area (Å²) >= 11 is 1.17. The Morgan fingerprint density at radius 1 is 1.00 bits per heavy atom. The van der Waals surface area contributed by atoms with E-state index in [1.54, 1.807) is 31.2 Å². The van der Waals surface area contributed by atoms with Crippen LogP contribution in [0.1, 0.15) is 13.8 Å². The zero-order valence-electron chi connectivity index (χ0n) is 15.9. The molecule has 3 rings (SSSR count). The summed E-state index contributed by atoms with van der Waals surface area (Å²) in [7, 11) is 0. The van der Waals surface area contributed by atoms with E-state index >= 15 is 0 Å². The van der Waals surface area contributed by atoms with Gasteiger partial charge in [-0.25, -0.2) is 4.98 Å². The van der Waals surface area contributed by atoms with E-state index in [0.29, 0.717) is 22.2 Å². The SMILES string of the molecule is CC(=O)Nc1ccc(NC(=O)C(C)Sc2nc(-c3ccccc3)cc(=O)[nH]2)cc1. The summed E-state index contributed by atoms with van der Waals surface area (Å²) < 4.78 is 0. The van der Waals surface area contributed by atoms with Crippen LogP contribution in [0.4, 0.5) is 11.4 Å². The van der Waals surface area contributed by atoms with Crippen molar-refractivity contribution in [3.8, 4) is 11.3 Å². The van der Waals surface area contributed by atoms with Crippen LogP contribution in [0.3, 0.4) is 0 Å². The third kappa shape index (κ3) is 5.79. The minimum Gasteiger partial charge on any atom is -0.326 e. The van der Waals surface area contributed by atoms with Gasteiger partial charge in [0.2, 0.25) is 11.8 Å². The molecule has 29 heavy (non-hydrogen) atoms. The topological polar surface area (TPSA) is 104 Å². The number of hydrogen-bond acceptors (Lipinski definition) is 5. The first-order valence-corrected chi connectivity index (χ1v) is 9.80. The number of H-pyrrole nitrogens is 1. The molecule has 2 amide bonds. The Labute approximate surface area is 172 Å². The third-order valence-electron chi connectivity index (χ3n) is 3.92. The van der Waals surface area contributed by atoms with Gasteiger partial charge in [-0.1, -0.05) is 42.1 Å². The molecule has 0 radical (unpaired) electrons. The summed E-state index contributed by atoms with van der Waals surface area (Å²) in [6.45, 7) is 3.17. The monoisotopic (exact) mass is 408 g/mol. The van der Waals surface area contributed by atoms with Crippen LogP contribution < -0.4 is 16.2 Å². The minimum absolute atomic E-state index is 0.161. The van der Waals surface area contributed by atoms with Crippen LogP contribution in [0.25, 0.3) is 11.3 Å². The van der Waals surface area contributed by atoms with E-state index < -0.39 is 5.25 Å². The van der Waals surface area contributed by atoms with Crippen molar-refractivity contribution in [1.29, 1.82) is 0 Å². The molecule has 148 valence electrons. The van der Waals surface area contributed by atoms with Gasteiger partial charge in [-0.15, -0.1) is 0 Å². The fourth-order valence-electron chi connectivity index (χ4n) is 2.55. The quantitative estimate of drug-likeness (QED) is 0.428. The molecule has 0 bridgehead atoms. The highest BCUT2D eigenvalue weighted by Crippen LogP contribution is 2.23. The van der Waals surface area contributed by atoms with Crippen LogP contribution in [0, 0.1) is 0 Å². The van der Waals surface area contributed by atoms with E-state index in [-0.39, 0.29) is 17.4 Å². The van der Waals surface area contributed by atoms with Gasteiger partial charge in [-0.05, 0) is 31.2 Å². The lowest BCUT2D eigenvalue weighted by molar-refractivity contribution is -0.115. The largest absolute Gasteiger partial charge is 0.326 e. The predicted molar refractivity (Wildman–Crippen MR) is 115 cm³/mol. The van der Waals surface area contributed by atoms with Gasteiger partial charge in [0.15, 0.2) is 5.16 Å². The molecule has 3 aromatic rings. The summed E-state index contributed by atoms with van der Waals surface area (Å²) in [6.07, 6.45) is 0. The molecule has 8 heteroatoms. The number of anilines is 2. The molecule has 0 aliphatic heterocycles. The summed E-state index contributed by atoms with van der Waals surface area (Å²) in [4.78, 5) is 42.7. The fourth-order valence-corrected chi connectivity index (χ4v) is 3.36. The molecular weight excluding hydrogens is 388 g/mol. The lowest BCUT2D eigenvalue weighted by Crippen LogP contribution is -2.23. The first-order chi connectivity index (χ1) is 13.9. The van der Waals surface area contributed by atoms with E-state index in [9.17, 15) is 14.4 Å². The van der Waals surface area contributed by atoms with Gasteiger partial charge >= 0.3 is 0 Å². The van der Waals surface area contributed by atoms with E-state index in [1.807, 2.05) is 30.3 Å². The maximum absolute atomic E-state index is 12.5. The van der Waals surface area contributed by atoms with Crippen molar-refractivity contribution in [3.63, 3.8) is 0 Å². The summed E-state index contributed by atoms with van der Waals surface area (Å²) in [5, 5.41) is 5.37. The lowest BCUT2D eigenvalue weighted by Gasteiger charge is -2.12. The molecule has 0 aliphatic rings. The highest BCUT2D eigenvalue weighted by molar-refractivity contribution is 8.00. The lowest BCUT2D eigenvalue weighted by atomic mass is 10.1. The Bertz CT molecular complexity index is 1070. The van der Waals surface area contributed by atoms with Gasteiger partial charge in [0.25, 0.3) is 5.56 Å². The third-order valence-corrected chi connectivity index (χ3v) is 4.90. The minimum atomic E-state index is -0.487. The van der Waals surface area contributed by atoms with Crippen molar-refractivity contribution in [2.75, 3.05) is 10.6 Å². The number of amides is 2. The Kier molecular flexibility index (Phi) is 6.46. The second-order valence-electron chi connectivity index (χ2n) is 6.31. The molecular formula is C21H20N4O3S. The molecule has 1 aromatic heterocycles. The fraction of sp³-hybridized carbons (Fsp3) is 0.143. The van der Waals surface area contributed by atoms with Crippen molar-refractivity contribution in [1.82, 2.24) is 9.97 Å². The van der Waals surface area contributed by atoms with Crippen molar-refractivity contribution in [2.45, 2.75) is 24.3 Å². The average molecular weight is 408 g/mol. The van der Waals surface area contributed by atoms with Gasteiger partial charge in [0.1, 0.15) is 0 Å². The van der Waals surface area contributed by atoms with E-state index in [2.05, 4.69) is 20.6 Å². The van der Waals surface area contributed by atoms with Crippen LogP contribution in [0.15, 0.2) is 70.6 Å². The molecule has 0 saturated carbocycles. The Morgan fingerprint density at radius 3 is 2.24 bits per heavy atom. The van der Waals surface area contributed by atoms with E-state index in [0.717, 1.165) is 5.56 Å². The van der Waals surface area contributed by atoms with E-state index in [4.69, 9.17) is 0 Å². The normalized spacial score (nSPS) is 11.5. The number of carbonyl (C=O) groups excluding carboxylic acids is 2. The number of aromatic amines is 1. The number of carbonyl (C=O) groups is 2. The van der Waals surface area contributed by atoms with Crippen LogP contribution >= 0.6 is 11.8 Å². The number of hydrogen-bond donors (Lipinski definition) is 3. The highest BCUT2D eigenvalue weighted by Gasteiger charge is 2.17. The maximum atomic E-state index is 12.5. The van der Waals surface area contributed by atoms with Gasteiger partial charge in [-0.3, -0.25) is 14.4 Å². The number of nitrogens with one attached hydrogen (secondary N) is 3. The second-order valence-corrected chi connectivity index (χ2v) is 7.64. The van der Waals surface area contributed by atoms with Crippen molar-refractivity contribution < 1.29 is 9.59 Å². The summed E-state index contributed by atoms with van der Waals surface area (Å²) in [5.74, 6) is -0.388. The van der Waals surface area contributed by atoms with E-state index in [1.165, 1.54) is 24.8 Å². The number of benzene rings is 2. The molecule has 3 N–H and O–H groups in total. The number of thioether (sulfide) groups is 1. The summed E-state index contributed by atoms with van der Waals surface area (Å²) in [5.41, 5.74) is 2.37. The number of nitrogens with zero attached hydrogens (tertiary/aromatic N) is 1.